The number of carbonyl (C=O) groups excluding carboxylic acids is 1. The summed E-state index contributed by atoms with van der Waals surface area (Å²) in [5, 5.41) is 3.97. The Hall–Kier alpha value is -1.48. The molecule has 8 nitrogen and oxygen atoms in total. The first-order valence-electron chi connectivity index (χ1n) is 10.9. The van der Waals surface area contributed by atoms with E-state index in [1.807, 2.05) is 4.90 Å². The molecular formula is C20H32N4O4S. The highest BCUT2D eigenvalue weighted by molar-refractivity contribution is 7.89. The number of nitrogens with one attached hydrogen (secondary N) is 1. The van der Waals surface area contributed by atoms with Gasteiger partial charge in [0.2, 0.25) is 21.8 Å². The summed E-state index contributed by atoms with van der Waals surface area (Å²) in [5.74, 6) is 2.02. The molecule has 1 aromatic heterocycles. The average Bonchev–Trinajstić information content (AvgIpc) is 3.35. The molecular weight excluding hydrogens is 392 g/mol. The van der Waals surface area contributed by atoms with Gasteiger partial charge < -0.3 is 9.42 Å². The van der Waals surface area contributed by atoms with Crippen LogP contribution in [-0.4, -0.2) is 54.2 Å². The summed E-state index contributed by atoms with van der Waals surface area (Å²) in [7, 11) is -3.28. The number of hydrogen-bond donors (Lipinski definition) is 1. The highest BCUT2D eigenvalue weighted by Gasteiger charge is 2.58. The highest BCUT2D eigenvalue weighted by atomic mass is 32.2. The third-order valence-electron chi connectivity index (χ3n) is 7.10. The van der Waals surface area contributed by atoms with Gasteiger partial charge in [0.25, 0.3) is 0 Å². The fourth-order valence-electron chi connectivity index (χ4n) is 5.59. The normalized spacial score (nSPS) is 30.6. The van der Waals surface area contributed by atoms with Crippen LogP contribution in [0.25, 0.3) is 0 Å². The number of carbonyl (C=O) groups is 1. The summed E-state index contributed by atoms with van der Waals surface area (Å²) in [6.07, 6.45) is 7.94. The number of hydrogen-bond acceptors (Lipinski definition) is 6. The minimum Gasteiger partial charge on any atom is -0.341 e. The lowest BCUT2D eigenvalue weighted by Crippen LogP contribution is -2.40. The molecule has 162 valence electrons. The molecule has 29 heavy (non-hydrogen) atoms. The Morgan fingerprint density at radius 1 is 1.31 bits per heavy atom. The molecule has 2 saturated carbocycles. The Morgan fingerprint density at radius 3 is 2.72 bits per heavy atom. The maximum atomic E-state index is 13.0. The van der Waals surface area contributed by atoms with Gasteiger partial charge in [-0.2, -0.15) is 4.98 Å². The summed E-state index contributed by atoms with van der Waals surface area (Å²) in [4.78, 5) is 19.5. The lowest BCUT2D eigenvalue weighted by atomic mass is 9.80. The van der Waals surface area contributed by atoms with Crippen molar-refractivity contribution in [1.29, 1.82) is 0 Å². The average molecular weight is 425 g/mol. The molecule has 1 N–H and O–H groups in total. The molecule has 3 aliphatic rings. The van der Waals surface area contributed by atoms with Crippen molar-refractivity contribution in [2.45, 2.75) is 76.7 Å². The predicted octanol–water partition coefficient (Wildman–Crippen LogP) is 2.15. The molecule has 9 heteroatoms. The first kappa shape index (κ1) is 20.8. The van der Waals surface area contributed by atoms with E-state index in [0.29, 0.717) is 50.0 Å². The molecule has 1 aliphatic heterocycles. The van der Waals surface area contributed by atoms with Gasteiger partial charge >= 0.3 is 0 Å². The first-order valence-corrected chi connectivity index (χ1v) is 12.5. The topological polar surface area (TPSA) is 105 Å². The third kappa shape index (κ3) is 4.21. The van der Waals surface area contributed by atoms with Crippen LogP contribution < -0.4 is 4.72 Å². The van der Waals surface area contributed by atoms with Crippen LogP contribution in [0.4, 0.5) is 0 Å². The van der Waals surface area contributed by atoms with Crippen molar-refractivity contribution in [3.05, 3.63) is 11.7 Å². The van der Waals surface area contributed by atoms with E-state index < -0.39 is 15.4 Å². The number of nitrogens with zero attached hydrogens (tertiary/aromatic N) is 3. The molecule has 0 spiro atoms. The Balaban J connectivity index is 1.51. The zero-order valence-electron chi connectivity index (χ0n) is 17.4. The smallest absolute Gasteiger partial charge is 0.235 e. The zero-order chi connectivity index (χ0) is 20.6. The first-order chi connectivity index (χ1) is 13.8. The molecule has 1 aromatic rings. The molecule has 1 saturated heterocycles. The fourth-order valence-corrected chi connectivity index (χ4v) is 6.44. The lowest BCUT2D eigenvalue weighted by Gasteiger charge is -2.27. The minimum atomic E-state index is -3.28. The number of likely N-dealkylation sites (tertiary alicyclic amines) is 1. The Morgan fingerprint density at radius 2 is 2.07 bits per heavy atom. The minimum absolute atomic E-state index is 0.0623. The van der Waals surface area contributed by atoms with Crippen LogP contribution in [0.1, 0.15) is 70.0 Å². The van der Waals surface area contributed by atoms with Gasteiger partial charge in [0.05, 0.1) is 11.2 Å². The maximum absolute atomic E-state index is 13.0. The fraction of sp³-hybridized carbons (Fsp3) is 0.850. The van der Waals surface area contributed by atoms with Crippen LogP contribution in [0.5, 0.6) is 0 Å². The van der Waals surface area contributed by atoms with E-state index in [9.17, 15) is 13.2 Å². The molecule has 1 unspecified atom stereocenters. The van der Waals surface area contributed by atoms with Gasteiger partial charge in [0, 0.05) is 25.6 Å². The van der Waals surface area contributed by atoms with Crippen molar-refractivity contribution in [3.8, 4) is 0 Å². The SMILES string of the molecule is CCS(=O)(=O)N[C@@H]1CC2CN(C(=O)CC3CCCCC3)C[C@@]2(c2nc(C)no2)C1. The number of rotatable bonds is 6. The summed E-state index contributed by atoms with van der Waals surface area (Å²) < 4.78 is 32.6. The van der Waals surface area contributed by atoms with E-state index in [4.69, 9.17) is 4.52 Å². The second-order valence-corrected chi connectivity index (χ2v) is 11.2. The van der Waals surface area contributed by atoms with Crippen molar-refractivity contribution >= 4 is 15.9 Å². The second-order valence-electron chi connectivity index (χ2n) is 9.14. The van der Waals surface area contributed by atoms with Gasteiger partial charge in [0.15, 0.2) is 5.82 Å². The Kier molecular flexibility index (Phi) is 5.72. The lowest BCUT2D eigenvalue weighted by molar-refractivity contribution is -0.131. The number of sulfonamides is 1. The van der Waals surface area contributed by atoms with Crippen LogP contribution in [0, 0.1) is 18.8 Å². The second kappa shape index (κ2) is 7.98. The van der Waals surface area contributed by atoms with Gasteiger partial charge in [-0.1, -0.05) is 24.4 Å². The molecule has 2 heterocycles. The van der Waals surface area contributed by atoms with Crippen molar-refractivity contribution in [3.63, 3.8) is 0 Å². The Labute approximate surface area is 172 Å². The molecule has 3 fully saturated rings. The van der Waals surface area contributed by atoms with Crippen LogP contribution in [0.2, 0.25) is 0 Å². The molecule has 0 radical (unpaired) electrons. The predicted molar refractivity (Wildman–Crippen MR) is 108 cm³/mol. The van der Waals surface area contributed by atoms with E-state index in [-0.39, 0.29) is 23.6 Å². The molecule has 4 rings (SSSR count). The summed E-state index contributed by atoms with van der Waals surface area (Å²) in [5.41, 5.74) is -0.454. The van der Waals surface area contributed by atoms with Crippen LogP contribution in [-0.2, 0) is 20.2 Å². The quantitative estimate of drug-likeness (QED) is 0.750. The van der Waals surface area contributed by atoms with E-state index >= 15 is 0 Å². The van der Waals surface area contributed by atoms with E-state index in [1.54, 1.807) is 13.8 Å². The van der Waals surface area contributed by atoms with Crippen molar-refractivity contribution in [2.75, 3.05) is 18.8 Å². The third-order valence-corrected chi connectivity index (χ3v) is 8.55. The van der Waals surface area contributed by atoms with Gasteiger partial charge in [-0.3, -0.25) is 4.79 Å². The van der Waals surface area contributed by atoms with Crippen molar-refractivity contribution in [2.24, 2.45) is 11.8 Å². The number of fused-ring (bicyclic) bond motifs is 1. The summed E-state index contributed by atoms with van der Waals surface area (Å²) >= 11 is 0. The van der Waals surface area contributed by atoms with Crippen LogP contribution in [0.3, 0.4) is 0 Å². The molecule has 3 atom stereocenters. The molecule has 1 amide bonds. The molecule has 0 aromatic carbocycles. The number of aromatic nitrogens is 2. The van der Waals surface area contributed by atoms with Crippen LogP contribution >= 0.6 is 0 Å². The summed E-state index contributed by atoms with van der Waals surface area (Å²) in [6, 6.07) is -0.159. The molecule has 2 aliphatic carbocycles. The molecule has 0 bridgehead atoms. The van der Waals surface area contributed by atoms with Gasteiger partial charge in [-0.25, -0.2) is 13.1 Å². The zero-order valence-corrected chi connectivity index (χ0v) is 18.2. The van der Waals surface area contributed by atoms with Gasteiger partial charge in [-0.05, 0) is 51.4 Å². The van der Waals surface area contributed by atoms with Gasteiger partial charge in [-0.15, -0.1) is 0 Å². The van der Waals surface area contributed by atoms with Crippen molar-refractivity contribution in [1.82, 2.24) is 19.8 Å². The monoisotopic (exact) mass is 424 g/mol. The van der Waals surface area contributed by atoms with Gasteiger partial charge in [0.1, 0.15) is 0 Å². The standard InChI is InChI=1S/C20H32N4O4S/c1-3-29(26,27)23-17-10-16-12-24(18(25)9-15-7-5-4-6-8-15)13-20(16,11-17)19-21-14(2)22-28-19/h15-17,23H,3-13H2,1-2H3/t16?,17-,20+/m1/s1. The van der Waals surface area contributed by atoms with E-state index in [0.717, 1.165) is 12.8 Å². The number of amides is 1. The maximum Gasteiger partial charge on any atom is 0.235 e. The Bertz CT molecular complexity index is 848. The van der Waals surface area contributed by atoms with E-state index in [1.165, 1.54) is 19.3 Å². The largest absolute Gasteiger partial charge is 0.341 e. The van der Waals surface area contributed by atoms with Crippen molar-refractivity contribution < 1.29 is 17.7 Å². The van der Waals surface area contributed by atoms with E-state index in [2.05, 4.69) is 14.9 Å². The highest BCUT2D eigenvalue weighted by Crippen LogP contribution is 2.50. The summed E-state index contributed by atoms with van der Waals surface area (Å²) in [6.45, 7) is 4.60. The number of aryl methyl sites for hydroxylation is 1. The van der Waals surface area contributed by atoms with Crippen LogP contribution in [0.15, 0.2) is 4.52 Å².